The summed E-state index contributed by atoms with van der Waals surface area (Å²) in [5.74, 6) is 0. The first-order valence-electron chi connectivity index (χ1n) is 4.74. The molecule has 1 radical (unpaired) electrons. The predicted molar refractivity (Wildman–Crippen MR) is 59.0 cm³/mol. The Morgan fingerprint density at radius 3 is 2.47 bits per heavy atom. The summed E-state index contributed by atoms with van der Waals surface area (Å²) in [4.78, 5) is 0. The minimum absolute atomic E-state index is 0. The number of benzene rings is 2. The van der Waals surface area contributed by atoms with Gasteiger partial charge in [-0.1, -0.05) is 13.8 Å². The molecule has 0 unspecified atom stereocenters. The number of hydrogen-bond donors (Lipinski definition) is 0. The van der Waals surface area contributed by atoms with Crippen molar-refractivity contribution >= 4 is 0 Å². The van der Waals surface area contributed by atoms with Gasteiger partial charge >= 0.3 is 0 Å². The Morgan fingerprint density at radius 2 is 1.80 bits per heavy atom. The van der Waals surface area contributed by atoms with Gasteiger partial charge in [-0.15, -0.1) is 17.7 Å². The molecule has 0 bridgehead atoms. The smallest absolute Gasteiger partial charge is 0 e. The standard InChI is InChI=1S/C14H12.Y/c1-11-8-9-12(2)14(10-11)13-6-4-3-5-7-13;/h3-6,8-9H,1-2H3;/q-2;. The molecule has 0 N–H and O–H groups in total. The summed E-state index contributed by atoms with van der Waals surface area (Å²) >= 11 is 0. The van der Waals surface area contributed by atoms with Crippen molar-refractivity contribution in [1.29, 1.82) is 0 Å². The summed E-state index contributed by atoms with van der Waals surface area (Å²) in [5, 5.41) is 0. The summed E-state index contributed by atoms with van der Waals surface area (Å²) in [6.45, 7) is 4.16. The van der Waals surface area contributed by atoms with Crippen LogP contribution in [0, 0.1) is 26.0 Å². The van der Waals surface area contributed by atoms with Crippen LogP contribution >= 0.6 is 0 Å². The number of rotatable bonds is 1. The van der Waals surface area contributed by atoms with E-state index in [1.165, 1.54) is 11.1 Å². The van der Waals surface area contributed by atoms with Crippen molar-refractivity contribution < 1.29 is 32.7 Å². The van der Waals surface area contributed by atoms with Crippen LogP contribution in [0.5, 0.6) is 0 Å². The van der Waals surface area contributed by atoms with Crippen LogP contribution in [-0.4, -0.2) is 0 Å². The molecule has 0 atom stereocenters. The molecule has 15 heavy (non-hydrogen) atoms. The van der Waals surface area contributed by atoms with E-state index in [0.717, 1.165) is 11.1 Å². The molecular weight excluding hydrogens is 257 g/mol. The van der Waals surface area contributed by atoms with Gasteiger partial charge in [0, 0.05) is 32.7 Å². The largest absolute Gasteiger partial charge is 0.226 e. The third-order valence-electron chi connectivity index (χ3n) is 2.28. The molecule has 2 aromatic rings. The Bertz CT molecular complexity index is 432. The molecule has 0 aromatic heterocycles. The van der Waals surface area contributed by atoms with Crippen LogP contribution < -0.4 is 0 Å². The molecule has 0 aliphatic rings. The van der Waals surface area contributed by atoms with Crippen LogP contribution in [0.1, 0.15) is 11.1 Å². The number of hydrogen-bond acceptors (Lipinski definition) is 0. The third-order valence-corrected chi connectivity index (χ3v) is 2.28. The molecule has 0 spiro atoms. The second kappa shape index (κ2) is 5.58. The second-order valence-electron chi connectivity index (χ2n) is 3.48. The zero-order valence-electron chi connectivity index (χ0n) is 9.04. The zero-order valence-corrected chi connectivity index (χ0v) is 11.9. The molecule has 2 aromatic carbocycles. The van der Waals surface area contributed by atoms with Crippen molar-refractivity contribution in [3.05, 3.63) is 59.7 Å². The first-order chi connectivity index (χ1) is 6.77. The molecule has 1 heteroatoms. The average molecular weight is 269 g/mol. The normalized spacial score (nSPS) is 9.47. The van der Waals surface area contributed by atoms with Gasteiger partial charge in [0.25, 0.3) is 0 Å². The van der Waals surface area contributed by atoms with E-state index in [-0.39, 0.29) is 32.7 Å². The maximum atomic E-state index is 3.36. The Hall–Kier alpha value is -0.456. The quantitative estimate of drug-likeness (QED) is 0.694. The molecule has 0 saturated carbocycles. The zero-order chi connectivity index (χ0) is 9.97. The van der Waals surface area contributed by atoms with Gasteiger partial charge in [0.05, 0.1) is 0 Å². The van der Waals surface area contributed by atoms with E-state index in [0.29, 0.717) is 0 Å². The molecule has 0 fully saturated rings. The Balaban J connectivity index is 0.00000112. The molecule has 73 valence electrons. The predicted octanol–water partition coefficient (Wildman–Crippen LogP) is 3.57. The van der Waals surface area contributed by atoms with Crippen molar-refractivity contribution in [1.82, 2.24) is 0 Å². The van der Waals surface area contributed by atoms with Crippen molar-refractivity contribution in [2.45, 2.75) is 13.8 Å². The van der Waals surface area contributed by atoms with Crippen molar-refractivity contribution in [2.75, 3.05) is 0 Å². The van der Waals surface area contributed by atoms with E-state index in [4.69, 9.17) is 0 Å². The fourth-order valence-corrected chi connectivity index (χ4v) is 1.50. The van der Waals surface area contributed by atoms with Gasteiger partial charge in [0.1, 0.15) is 0 Å². The molecule has 0 heterocycles. The maximum Gasteiger partial charge on any atom is 0 e. The first-order valence-corrected chi connectivity index (χ1v) is 4.74. The SMILES string of the molecule is Cc1[c-]c(-c2[c-]cccc2)c(C)cc1.[Y]. The third kappa shape index (κ3) is 3.00. The maximum absolute atomic E-state index is 3.36. The fourth-order valence-electron chi connectivity index (χ4n) is 1.50. The molecule has 0 nitrogen and oxygen atoms in total. The minimum atomic E-state index is 0. The van der Waals surface area contributed by atoms with Crippen LogP contribution in [-0.2, 0) is 32.7 Å². The van der Waals surface area contributed by atoms with Crippen LogP contribution in [0.2, 0.25) is 0 Å². The first kappa shape index (κ1) is 12.6. The van der Waals surface area contributed by atoms with Gasteiger partial charge in [-0.05, 0) is 0 Å². The van der Waals surface area contributed by atoms with E-state index < -0.39 is 0 Å². The summed E-state index contributed by atoms with van der Waals surface area (Å²) in [6, 6.07) is 18.8. The molecule has 0 saturated heterocycles. The van der Waals surface area contributed by atoms with E-state index in [2.05, 4.69) is 44.2 Å². The summed E-state index contributed by atoms with van der Waals surface area (Å²) < 4.78 is 0. The Kier molecular flexibility index (Phi) is 4.69. The van der Waals surface area contributed by atoms with Gasteiger partial charge in [-0.3, -0.25) is 0 Å². The van der Waals surface area contributed by atoms with Crippen molar-refractivity contribution in [3.63, 3.8) is 0 Å². The molecular formula is C14H12Y-2. The van der Waals surface area contributed by atoms with Gasteiger partial charge in [-0.2, -0.15) is 42.0 Å². The van der Waals surface area contributed by atoms with Crippen LogP contribution in [0.15, 0.2) is 36.4 Å². The average Bonchev–Trinajstić information content (AvgIpc) is 2.23. The number of aryl methyl sites for hydroxylation is 2. The van der Waals surface area contributed by atoms with Gasteiger partial charge < -0.3 is 0 Å². The second-order valence-corrected chi connectivity index (χ2v) is 3.48. The molecule has 0 aliphatic heterocycles. The molecule has 0 aliphatic carbocycles. The van der Waals surface area contributed by atoms with E-state index in [1.54, 1.807) is 0 Å². The van der Waals surface area contributed by atoms with Gasteiger partial charge in [0.2, 0.25) is 0 Å². The fraction of sp³-hybridized carbons (Fsp3) is 0.143. The Morgan fingerprint density at radius 1 is 1.00 bits per heavy atom. The minimum Gasteiger partial charge on any atom is -0.226 e. The van der Waals surface area contributed by atoms with Crippen LogP contribution in [0.25, 0.3) is 11.1 Å². The van der Waals surface area contributed by atoms with Crippen molar-refractivity contribution in [3.8, 4) is 11.1 Å². The van der Waals surface area contributed by atoms with Gasteiger partial charge in [0.15, 0.2) is 0 Å². The van der Waals surface area contributed by atoms with E-state index >= 15 is 0 Å². The van der Waals surface area contributed by atoms with E-state index in [1.807, 2.05) is 18.2 Å². The summed E-state index contributed by atoms with van der Waals surface area (Å²) in [6.07, 6.45) is 0. The monoisotopic (exact) mass is 269 g/mol. The van der Waals surface area contributed by atoms with Crippen LogP contribution in [0.3, 0.4) is 0 Å². The van der Waals surface area contributed by atoms with Crippen LogP contribution in [0.4, 0.5) is 0 Å². The topological polar surface area (TPSA) is 0 Å². The van der Waals surface area contributed by atoms with E-state index in [9.17, 15) is 0 Å². The summed E-state index contributed by atoms with van der Waals surface area (Å²) in [5.41, 5.74) is 4.69. The molecule has 2 rings (SSSR count). The molecule has 0 amide bonds. The Labute approximate surface area is 117 Å². The summed E-state index contributed by atoms with van der Waals surface area (Å²) in [7, 11) is 0. The van der Waals surface area contributed by atoms with Crippen molar-refractivity contribution in [2.24, 2.45) is 0 Å². The van der Waals surface area contributed by atoms with Gasteiger partial charge in [-0.25, -0.2) is 11.1 Å².